The highest BCUT2D eigenvalue weighted by atomic mass is 19.1. The quantitative estimate of drug-likeness (QED) is 0.407. The van der Waals surface area contributed by atoms with E-state index in [-0.39, 0.29) is 5.82 Å². The van der Waals surface area contributed by atoms with Gasteiger partial charge in [0.2, 0.25) is 0 Å². The van der Waals surface area contributed by atoms with E-state index in [4.69, 9.17) is 0 Å². The van der Waals surface area contributed by atoms with Gasteiger partial charge < -0.3 is 10.6 Å². The molecule has 9 heteroatoms. The molecule has 4 aromatic rings. The maximum absolute atomic E-state index is 14.0. The van der Waals surface area contributed by atoms with Gasteiger partial charge in [0, 0.05) is 23.8 Å². The Kier molecular flexibility index (Phi) is 5.34. The third kappa shape index (κ3) is 4.40. The van der Waals surface area contributed by atoms with E-state index in [1.807, 2.05) is 0 Å². The Labute approximate surface area is 170 Å². The molecule has 1 atom stereocenters. The smallest absolute Gasteiger partial charge is 0.153 e. The van der Waals surface area contributed by atoms with Crippen LogP contribution in [0.5, 0.6) is 0 Å². The molecular formula is C21H17F3N6. The molecule has 0 aliphatic rings. The lowest BCUT2D eigenvalue weighted by Crippen LogP contribution is -2.10. The molecule has 0 radical (unpaired) electrons. The van der Waals surface area contributed by atoms with E-state index in [1.165, 1.54) is 30.6 Å². The lowest BCUT2D eigenvalue weighted by Gasteiger charge is -2.16. The zero-order chi connectivity index (χ0) is 21.1. The predicted octanol–water partition coefficient (Wildman–Crippen LogP) is 5.20. The average molecular weight is 410 g/mol. The predicted molar refractivity (Wildman–Crippen MR) is 108 cm³/mol. The lowest BCUT2D eigenvalue weighted by atomic mass is 10.1. The first-order chi connectivity index (χ1) is 14.5. The van der Waals surface area contributed by atoms with E-state index >= 15 is 0 Å². The highest BCUT2D eigenvalue weighted by Crippen LogP contribution is 2.24. The van der Waals surface area contributed by atoms with Gasteiger partial charge in [-0.3, -0.25) is 5.10 Å². The number of nitrogens with one attached hydrogen (secondary N) is 3. The average Bonchev–Trinajstić information content (AvgIpc) is 3.17. The van der Waals surface area contributed by atoms with Crippen LogP contribution in [0.3, 0.4) is 0 Å². The molecule has 0 saturated heterocycles. The molecule has 2 aromatic carbocycles. The van der Waals surface area contributed by atoms with Crippen molar-refractivity contribution in [1.82, 2.24) is 20.2 Å². The van der Waals surface area contributed by atoms with Gasteiger partial charge in [0.1, 0.15) is 35.4 Å². The number of anilines is 3. The molecule has 30 heavy (non-hydrogen) atoms. The summed E-state index contributed by atoms with van der Waals surface area (Å²) in [4.78, 5) is 8.28. The van der Waals surface area contributed by atoms with Crippen LogP contribution in [0.15, 0.2) is 60.9 Å². The number of hydrogen-bond donors (Lipinski definition) is 3. The fourth-order valence-corrected chi connectivity index (χ4v) is 2.95. The van der Waals surface area contributed by atoms with E-state index in [0.29, 0.717) is 28.7 Å². The van der Waals surface area contributed by atoms with E-state index < -0.39 is 17.7 Å². The Balaban J connectivity index is 1.46. The first-order valence-corrected chi connectivity index (χ1v) is 9.10. The molecule has 1 unspecified atom stereocenters. The van der Waals surface area contributed by atoms with Gasteiger partial charge in [0.25, 0.3) is 0 Å². The minimum absolute atomic E-state index is 0.313. The second-order valence-electron chi connectivity index (χ2n) is 6.62. The van der Waals surface area contributed by atoms with Crippen LogP contribution in [0.1, 0.15) is 18.5 Å². The maximum atomic E-state index is 14.0. The second-order valence-corrected chi connectivity index (χ2v) is 6.62. The largest absolute Gasteiger partial charge is 0.363 e. The molecule has 0 spiro atoms. The van der Waals surface area contributed by atoms with Gasteiger partial charge in [-0.15, -0.1) is 0 Å². The van der Waals surface area contributed by atoms with Crippen LogP contribution >= 0.6 is 0 Å². The van der Waals surface area contributed by atoms with Gasteiger partial charge in [0.05, 0.1) is 11.7 Å². The van der Waals surface area contributed by atoms with Gasteiger partial charge in [-0.05, 0) is 42.8 Å². The topological polar surface area (TPSA) is 78.5 Å². The summed E-state index contributed by atoms with van der Waals surface area (Å²) < 4.78 is 40.2. The Morgan fingerprint density at radius 3 is 2.33 bits per heavy atom. The highest BCUT2D eigenvalue weighted by molar-refractivity contribution is 5.65. The number of benzene rings is 2. The fourth-order valence-electron chi connectivity index (χ4n) is 2.95. The molecule has 0 saturated carbocycles. The SMILES string of the molecule is CC(Nc1cc(Nc2cc(-c3ccc(F)cc3)[nH]n2)ncn1)c1ccc(F)cc1F. The molecule has 2 aromatic heterocycles. The third-order valence-electron chi connectivity index (χ3n) is 4.45. The lowest BCUT2D eigenvalue weighted by molar-refractivity contribution is 0.566. The number of rotatable bonds is 6. The van der Waals surface area contributed by atoms with E-state index in [2.05, 4.69) is 30.8 Å². The number of aromatic amines is 1. The van der Waals surface area contributed by atoms with Gasteiger partial charge in [-0.1, -0.05) is 6.07 Å². The van der Waals surface area contributed by atoms with Crippen molar-refractivity contribution in [3.8, 4) is 11.3 Å². The summed E-state index contributed by atoms with van der Waals surface area (Å²) >= 11 is 0. The van der Waals surface area contributed by atoms with Crippen molar-refractivity contribution in [2.45, 2.75) is 13.0 Å². The van der Waals surface area contributed by atoms with Gasteiger partial charge in [-0.2, -0.15) is 5.10 Å². The third-order valence-corrected chi connectivity index (χ3v) is 4.45. The highest BCUT2D eigenvalue weighted by Gasteiger charge is 2.13. The maximum Gasteiger partial charge on any atom is 0.153 e. The summed E-state index contributed by atoms with van der Waals surface area (Å²) in [6.07, 6.45) is 1.35. The van der Waals surface area contributed by atoms with Crippen molar-refractivity contribution < 1.29 is 13.2 Å². The number of aromatic nitrogens is 4. The first kappa shape index (κ1) is 19.4. The Morgan fingerprint density at radius 1 is 0.833 bits per heavy atom. The molecule has 0 aliphatic heterocycles. The van der Waals surface area contributed by atoms with E-state index in [0.717, 1.165) is 11.6 Å². The van der Waals surface area contributed by atoms with E-state index in [1.54, 1.807) is 31.2 Å². The molecule has 0 aliphatic carbocycles. The van der Waals surface area contributed by atoms with Crippen molar-refractivity contribution in [3.05, 3.63) is 83.9 Å². The van der Waals surface area contributed by atoms with Gasteiger partial charge in [-0.25, -0.2) is 23.1 Å². The standard InChI is InChI=1S/C21H17F3N6/c1-12(16-7-6-15(23)8-17(16)24)27-19-10-20(26-11-25-19)28-21-9-18(29-30-21)13-2-4-14(22)5-3-13/h2-12H,1H3,(H3,25,26,27,28,29,30). The number of H-pyrrole nitrogens is 1. The van der Waals surface area contributed by atoms with Crippen LogP contribution in [0, 0.1) is 17.5 Å². The molecular weight excluding hydrogens is 393 g/mol. The second kappa shape index (κ2) is 8.24. The molecule has 3 N–H and O–H groups in total. The van der Waals surface area contributed by atoms with Gasteiger partial charge in [0.15, 0.2) is 5.82 Å². The Morgan fingerprint density at radius 2 is 1.57 bits per heavy atom. The van der Waals surface area contributed by atoms with Crippen LogP contribution < -0.4 is 10.6 Å². The number of hydrogen-bond acceptors (Lipinski definition) is 5. The van der Waals surface area contributed by atoms with Crippen LogP contribution in [0.2, 0.25) is 0 Å². The van der Waals surface area contributed by atoms with Crippen molar-refractivity contribution in [3.63, 3.8) is 0 Å². The van der Waals surface area contributed by atoms with Crippen LogP contribution in [-0.2, 0) is 0 Å². The summed E-state index contributed by atoms with van der Waals surface area (Å²) in [5.41, 5.74) is 1.82. The first-order valence-electron chi connectivity index (χ1n) is 9.10. The van der Waals surface area contributed by atoms with Crippen molar-refractivity contribution in [2.24, 2.45) is 0 Å². The zero-order valence-corrected chi connectivity index (χ0v) is 15.8. The molecule has 4 rings (SSSR count). The summed E-state index contributed by atoms with van der Waals surface area (Å²) in [6.45, 7) is 1.74. The van der Waals surface area contributed by atoms with Crippen LogP contribution in [-0.4, -0.2) is 20.2 Å². The number of halogens is 3. The molecule has 152 valence electrons. The van der Waals surface area contributed by atoms with Crippen molar-refractivity contribution in [2.75, 3.05) is 10.6 Å². The van der Waals surface area contributed by atoms with Crippen molar-refractivity contribution in [1.29, 1.82) is 0 Å². The monoisotopic (exact) mass is 410 g/mol. The Hall–Kier alpha value is -3.88. The molecule has 0 fully saturated rings. The van der Waals surface area contributed by atoms with Crippen molar-refractivity contribution >= 4 is 17.5 Å². The van der Waals surface area contributed by atoms with Gasteiger partial charge >= 0.3 is 0 Å². The molecule has 2 heterocycles. The summed E-state index contributed by atoms with van der Waals surface area (Å²) in [5.74, 6) is -0.137. The Bertz CT molecular complexity index is 1160. The minimum atomic E-state index is -0.632. The fraction of sp³-hybridized carbons (Fsp3) is 0.0952. The normalized spacial score (nSPS) is 11.9. The van der Waals surface area contributed by atoms with Crippen LogP contribution in [0.25, 0.3) is 11.3 Å². The molecule has 0 amide bonds. The minimum Gasteiger partial charge on any atom is -0.363 e. The number of nitrogens with zero attached hydrogens (tertiary/aromatic N) is 3. The molecule has 6 nitrogen and oxygen atoms in total. The van der Waals surface area contributed by atoms with E-state index in [9.17, 15) is 13.2 Å². The van der Waals surface area contributed by atoms with Crippen LogP contribution in [0.4, 0.5) is 30.6 Å². The summed E-state index contributed by atoms with van der Waals surface area (Å²) in [5, 5.41) is 13.2. The molecule has 0 bridgehead atoms. The zero-order valence-electron chi connectivity index (χ0n) is 15.8. The summed E-state index contributed by atoms with van der Waals surface area (Å²) in [7, 11) is 0. The summed E-state index contributed by atoms with van der Waals surface area (Å²) in [6, 6.07) is 12.4.